The fourth-order valence-corrected chi connectivity index (χ4v) is 8.25. The molecule has 0 saturated carbocycles. The lowest BCUT2D eigenvalue weighted by Gasteiger charge is -2.36. The van der Waals surface area contributed by atoms with E-state index in [1.54, 1.807) is 21.7 Å². The Kier molecular flexibility index (Phi) is 11.6. The molecule has 0 aromatic heterocycles. The topological polar surface area (TPSA) is 117 Å². The van der Waals surface area contributed by atoms with E-state index in [1.165, 1.54) is 0 Å². The molecule has 1 aromatic carbocycles. The molecule has 47 heavy (non-hydrogen) atoms. The number of likely N-dealkylation sites (N-methyl/N-ethyl adjacent to an activating group) is 1. The number of aliphatic hydroxyl groups is 1. The number of hydrogen-bond acceptors (Lipinski definition) is 7. The number of hydrogen-bond donors (Lipinski definition) is 1. The van der Waals surface area contributed by atoms with E-state index in [0.717, 1.165) is 24.8 Å². The normalized spacial score (nSPS) is 32.1. The summed E-state index contributed by atoms with van der Waals surface area (Å²) < 4.78 is 13.6. The van der Waals surface area contributed by atoms with E-state index >= 15 is 0 Å². The number of nitrogens with zero attached hydrogens (tertiary/aromatic N) is 3. The molecule has 3 amide bonds. The lowest BCUT2D eigenvalue weighted by atomic mass is 9.74. The van der Waals surface area contributed by atoms with Gasteiger partial charge in [0.1, 0.15) is 29.8 Å². The summed E-state index contributed by atoms with van der Waals surface area (Å²) in [5, 5.41) is 9.36. The van der Waals surface area contributed by atoms with Gasteiger partial charge in [0.2, 0.25) is 17.7 Å². The molecule has 5 rings (SSSR count). The van der Waals surface area contributed by atoms with Gasteiger partial charge in [-0.25, -0.2) is 0 Å². The highest BCUT2D eigenvalue weighted by Gasteiger charge is 2.74. The Morgan fingerprint density at radius 2 is 1.70 bits per heavy atom. The molecule has 5 bridgehead atoms. The van der Waals surface area contributed by atoms with Crippen molar-refractivity contribution in [2.24, 2.45) is 11.8 Å². The average Bonchev–Trinajstić information content (AvgIpc) is 3.66. The monoisotopic (exact) mass is 713 g/mol. The number of unbranched alkanes of at least 4 members (excludes halogenated alkanes) is 4. The minimum Gasteiger partial charge on any atom is -0.455 e. The van der Waals surface area contributed by atoms with Gasteiger partial charge in [0.25, 0.3) is 0 Å². The zero-order chi connectivity index (χ0) is 33.7. The number of benzene rings is 1. The third-order valence-electron chi connectivity index (χ3n) is 10.2. The molecule has 4 aliphatic heterocycles. The number of ether oxygens (including phenoxy) is 2. The van der Waals surface area contributed by atoms with Crippen molar-refractivity contribution < 1.29 is 33.8 Å². The molecule has 4 heterocycles. The Labute approximate surface area is 286 Å². The number of rotatable bonds is 10. The molecule has 2 saturated heterocycles. The second-order valence-corrected chi connectivity index (χ2v) is 14.1. The molecule has 0 unspecified atom stereocenters. The minimum absolute atomic E-state index is 0.0522. The summed E-state index contributed by atoms with van der Waals surface area (Å²) in [6.07, 6.45) is 9.54. The number of likely N-dealkylation sites (tertiary alicyclic amines) is 1. The molecule has 1 spiro atoms. The number of amides is 3. The van der Waals surface area contributed by atoms with Crippen LogP contribution in [0, 0.1) is 11.8 Å². The SMILES string of the molecule is CCCCCN1C/C=C\CCC(=O)N(C)[C@H](C)[C@@H](c2ccccc2)OC(=O)[C@@H]2[C@H]3O[C@@]4(C=C3Br)[C@H](C1=O)N(CCCCCO)C(=O)[C@@H]24. The number of esters is 1. The fourth-order valence-electron chi connectivity index (χ4n) is 7.52. The lowest BCUT2D eigenvalue weighted by Crippen LogP contribution is -2.56. The van der Waals surface area contributed by atoms with Crippen molar-refractivity contribution in [3.05, 3.63) is 58.6 Å². The smallest absolute Gasteiger partial charge is 0.313 e. The summed E-state index contributed by atoms with van der Waals surface area (Å²) in [5.74, 6) is -3.12. The predicted octanol–water partition coefficient (Wildman–Crippen LogP) is 4.52. The van der Waals surface area contributed by atoms with Gasteiger partial charge in [-0.2, -0.15) is 0 Å². The number of allylic oxidation sites excluding steroid dienone is 1. The van der Waals surface area contributed by atoms with Gasteiger partial charge in [0.05, 0.1) is 12.0 Å². The zero-order valence-electron chi connectivity index (χ0n) is 27.7. The molecule has 2 fully saturated rings. The lowest BCUT2D eigenvalue weighted by molar-refractivity contribution is -0.164. The first-order valence-corrected chi connectivity index (χ1v) is 17.9. The Bertz CT molecular complexity index is 1370. The van der Waals surface area contributed by atoms with Crippen LogP contribution in [0.15, 0.2) is 53.0 Å². The van der Waals surface area contributed by atoms with E-state index in [1.807, 2.05) is 55.5 Å². The van der Waals surface area contributed by atoms with Gasteiger partial charge in [-0.1, -0.05) is 78.2 Å². The van der Waals surface area contributed by atoms with Gasteiger partial charge in [0, 0.05) is 44.2 Å². The maximum absolute atomic E-state index is 14.7. The third-order valence-corrected chi connectivity index (χ3v) is 10.8. The van der Waals surface area contributed by atoms with Crippen LogP contribution in [0.5, 0.6) is 0 Å². The van der Waals surface area contributed by atoms with Crippen LogP contribution in [0.25, 0.3) is 0 Å². The standard InChI is InChI=1S/C36H48BrN3O7/c1-4-5-12-19-39-20-13-7-11-18-27(42)38(3)24(2)30(25-16-9-6-10-17-25)46-35(45)28-29-33(43)40(21-14-8-15-22-41)32(34(39)44)36(29)23-26(37)31(28)47-36/h6-7,9-10,13,16-17,23-24,28-32,41H,4-5,8,11-12,14-15,18-22H2,1-3H3/b13-7-/t24-,28+,29-,30+,31+,32+,36-/m1/s1. The number of cyclic esters (lactones) is 1. The van der Waals surface area contributed by atoms with Gasteiger partial charge >= 0.3 is 5.97 Å². The zero-order valence-corrected chi connectivity index (χ0v) is 29.3. The van der Waals surface area contributed by atoms with Crippen molar-refractivity contribution in [1.82, 2.24) is 14.7 Å². The van der Waals surface area contributed by atoms with Crippen molar-refractivity contribution in [3.63, 3.8) is 0 Å². The minimum atomic E-state index is -1.33. The van der Waals surface area contributed by atoms with Crippen LogP contribution in [-0.4, -0.2) is 101 Å². The molecule has 7 atom stereocenters. The number of carbonyl (C=O) groups excluding carboxylic acids is 4. The third kappa shape index (κ3) is 6.94. The van der Waals surface area contributed by atoms with Crippen molar-refractivity contribution in [1.29, 1.82) is 0 Å². The molecule has 1 aromatic rings. The molecular formula is C36H48BrN3O7. The molecule has 256 valence electrons. The van der Waals surface area contributed by atoms with E-state index in [9.17, 15) is 24.3 Å². The quantitative estimate of drug-likeness (QED) is 0.215. The van der Waals surface area contributed by atoms with Gasteiger partial charge in [-0.15, -0.1) is 0 Å². The van der Waals surface area contributed by atoms with E-state index in [-0.39, 0.29) is 30.7 Å². The van der Waals surface area contributed by atoms with Crippen LogP contribution in [0.3, 0.4) is 0 Å². The molecule has 0 radical (unpaired) electrons. The molecule has 10 nitrogen and oxygen atoms in total. The van der Waals surface area contributed by atoms with Crippen molar-refractivity contribution in [2.75, 3.05) is 33.3 Å². The first-order chi connectivity index (χ1) is 22.7. The van der Waals surface area contributed by atoms with Gasteiger partial charge < -0.3 is 29.3 Å². The van der Waals surface area contributed by atoms with E-state index in [2.05, 4.69) is 22.9 Å². The Morgan fingerprint density at radius 3 is 2.43 bits per heavy atom. The van der Waals surface area contributed by atoms with Crippen LogP contribution in [0.2, 0.25) is 0 Å². The van der Waals surface area contributed by atoms with Crippen LogP contribution in [0.1, 0.15) is 76.9 Å². The molecule has 11 heteroatoms. The maximum atomic E-state index is 14.7. The van der Waals surface area contributed by atoms with Crippen molar-refractivity contribution in [2.45, 2.75) is 95.1 Å². The number of fused-ring (bicyclic) bond motifs is 2. The van der Waals surface area contributed by atoms with Crippen molar-refractivity contribution >= 4 is 39.6 Å². The van der Waals surface area contributed by atoms with Crippen LogP contribution in [-0.2, 0) is 28.7 Å². The second-order valence-electron chi connectivity index (χ2n) is 13.2. The fraction of sp³-hybridized carbons (Fsp3) is 0.611. The Hall–Kier alpha value is -3.02. The molecule has 4 aliphatic rings. The second kappa shape index (κ2) is 15.5. The van der Waals surface area contributed by atoms with Crippen LogP contribution < -0.4 is 0 Å². The first kappa shape index (κ1) is 35.3. The molecule has 1 N–H and O–H groups in total. The number of halogens is 1. The van der Waals surface area contributed by atoms with E-state index < -0.39 is 47.7 Å². The van der Waals surface area contributed by atoms with Crippen LogP contribution in [0.4, 0.5) is 0 Å². The highest BCUT2D eigenvalue weighted by molar-refractivity contribution is 9.11. The van der Waals surface area contributed by atoms with E-state index in [4.69, 9.17) is 9.47 Å². The summed E-state index contributed by atoms with van der Waals surface area (Å²) >= 11 is 3.63. The van der Waals surface area contributed by atoms with Gasteiger partial charge in [-0.05, 0) is 50.7 Å². The summed E-state index contributed by atoms with van der Waals surface area (Å²) in [4.78, 5) is 61.8. The summed E-state index contributed by atoms with van der Waals surface area (Å²) in [5.41, 5.74) is -0.599. The number of carbonyl (C=O) groups is 4. The summed E-state index contributed by atoms with van der Waals surface area (Å²) in [7, 11) is 1.72. The average molecular weight is 715 g/mol. The highest BCUT2D eigenvalue weighted by atomic mass is 79.9. The summed E-state index contributed by atoms with van der Waals surface area (Å²) in [6, 6.07) is 7.88. The van der Waals surface area contributed by atoms with Crippen LogP contribution >= 0.6 is 15.9 Å². The Morgan fingerprint density at radius 1 is 0.957 bits per heavy atom. The highest BCUT2D eigenvalue weighted by Crippen LogP contribution is 2.59. The van der Waals surface area contributed by atoms with Gasteiger partial charge in [0.15, 0.2) is 0 Å². The first-order valence-electron chi connectivity index (χ1n) is 17.1. The maximum Gasteiger partial charge on any atom is 0.313 e. The Balaban J connectivity index is 1.58. The molecule has 0 aliphatic carbocycles. The predicted molar refractivity (Wildman–Crippen MR) is 180 cm³/mol. The number of aliphatic hydroxyl groups excluding tert-OH is 1. The van der Waals surface area contributed by atoms with E-state index in [0.29, 0.717) is 49.8 Å². The van der Waals surface area contributed by atoms with Gasteiger partial charge in [-0.3, -0.25) is 19.2 Å². The summed E-state index contributed by atoms with van der Waals surface area (Å²) in [6.45, 7) is 5.18. The molecular weight excluding hydrogens is 666 g/mol. The largest absolute Gasteiger partial charge is 0.455 e. The van der Waals surface area contributed by atoms with Crippen molar-refractivity contribution in [3.8, 4) is 0 Å².